The summed E-state index contributed by atoms with van der Waals surface area (Å²) in [7, 11) is 1.51. The van der Waals surface area contributed by atoms with Gasteiger partial charge in [-0.15, -0.1) is 0 Å². The predicted octanol–water partition coefficient (Wildman–Crippen LogP) is 4.37. The number of aryl methyl sites for hydroxylation is 1. The van der Waals surface area contributed by atoms with E-state index in [9.17, 15) is 9.59 Å². The van der Waals surface area contributed by atoms with Crippen molar-refractivity contribution in [3.8, 4) is 5.75 Å². The van der Waals surface area contributed by atoms with Crippen molar-refractivity contribution in [2.45, 2.75) is 25.9 Å². The number of benzene rings is 3. The van der Waals surface area contributed by atoms with Gasteiger partial charge in [0.25, 0.3) is 5.91 Å². The highest BCUT2D eigenvalue weighted by molar-refractivity contribution is 6.02. The molecule has 148 valence electrons. The number of nitrogens with zero attached hydrogens (tertiary/aromatic N) is 1. The number of hydrogen-bond acceptors (Lipinski definition) is 4. The molecule has 5 heteroatoms. The zero-order valence-corrected chi connectivity index (χ0v) is 16.6. The predicted molar refractivity (Wildman–Crippen MR) is 112 cm³/mol. The molecule has 0 fully saturated rings. The monoisotopic (exact) mass is 389 g/mol. The van der Waals surface area contributed by atoms with E-state index in [1.807, 2.05) is 48.5 Å². The van der Waals surface area contributed by atoms with E-state index in [1.165, 1.54) is 7.11 Å². The molecule has 1 atom stereocenters. The van der Waals surface area contributed by atoms with Gasteiger partial charge in [-0.25, -0.2) is 4.79 Å². The first-order valence-electron chi connectivity index (χ1n) is 9.75. The second-order valence-electron chi connectivity index (χ2n) is 7.17. The van der Waals surface area contributed by atoms with E-state index in [4.69, 9.17) is 9.47 Å². The van der Waals surface area contributed by atoms with Gasteiger partial charge in [0.1, 0.15) is 11.3 Å². The van der Waals surface area contributed by atoms with E-state index in [-0.39, 0.29) is 5.91 Å². The Morgan fingerprint density at radius 3 is 2.45 bits per heavy atom. The molecule has 0 saturated heterocycles. The summed E-state index contributed by atoms with van der Waals surface area (Å²) in [5, 5.41) is 1.87. The number of carbonyl (C=O) groups is 2. The van der Waals surface area contributed by atoms with Gasteiger partial charge < -0.3 is 14.4 Å². The second-order valence-corrected chi connectivity index (χ2v) is 7.17. The summed E-state index contributed by atoms with van der Waals surface area (Å²) in [6.07, 6.45) is 0.939. The fraction of sp³-hybridized carbons (Fsp3) is 0.250. The van der Waals surface area contributed by atoms with Gasteiger partial charge in [-0.2, -0.15) is 0 Å². The largest absolute Gasteiger partial charge is 0.496 e. The molecule has 5 nitrogen and oxygen atoms in total. The van der Waals surface area contributed by atoms with Crippen LogP contribution in [0.4, 0.5) is 5.69 Å². The lowest BCUT2D eigenvalue weighted by Crippen LogP contribution is -2.42. The van der Waals surface area contributed by atoms with Crippen molar-refractivity contribution in [1.82, 2.24) is 0 Å². The molecule has 1 unspecified atom stereocenters. The van der Waals surface area contributed by atoms with Crippen molar-refractivity contribution in [3.63, 3.8) is 0 Å². The van der Waals surface area contributed by atoms with Crippen LogP contribution in [-0.2, 0) is 16.0 Å². The summed E-state index contributed by atoms with van der Waals surface area (Å²) in [6, 6.07) is 19.1. The number of para-hydroxylation sites is 1. The lowest BCUT2D eigenvalue weighted by Gasteiger charge is -2.31. The van der Waals surface area contributed by atoms with Gasteiger partial charge in [-0.05, 0) is 54.3 Å². The lowest BCUT2D eigenvalue weighted by molar-refractivity contribution is -0.126. The lowest BCUT2D eigenvalue weighted by atomic mass is 10.0. The molecule has 3 aromatic rings. The highest BCUT2D eigenvalue weighted by Gasteiger charge is 2.29. The van der Waals surface area contributed by atoms with Crippen molar-refractivity contribution < 1.29 is 19.1 Å². The summed E-state index contributed by atoms with van der Waals surface area (Å²) in [5.74, 6) is -0.360. The van der Waals surface area contributed by atoms with Gasteiger partial charge in [0.15, 0.2) is 6.10 Å². The summed E-state index contributed by atoms with van der Waals surface area (Å²) < 4.78 is 10.9. The minimum Gasteiger partial charge on any atom is -0.496 e. The molecular formula is C24H23NO4. The molecule has 1 aliphatic heterocycles. The van der Waals surface area contributed by atoms with Crippen molar-refractivity contribution in [2.24, 2.45) is 0 Å². The van der Waals surface area contributed by atoms with Crippen LogP contribution < -0.4 is 9.64 Å². The molecule has 0 aromatic heterocycles. The standard InChI is InChI=1S/C24H23NO4/c1-16(23(26)25-13-7-11-17-8-5-6-12-21(17)25)29-24(27)20-14-18-9-3-4-10-19(18)15-22(20)28-2/h3-6,8-10,12,14-16H,7,11,13H2,1-2H3. The van der Waals surface area contributed by atoms with Crippen molar-refractivity contribution in [1.29, 1.82) is 0 Å². The number of carbonyl (C=O) groups excluding carboxylic acids is 2. The van der Waals surface area contributed by atoms with Crippen LogP contribution in [0.3, 0.4) is 0 Å². The highest BCUT2D eigenvalue weighted by atomic mass is 16.5. The fourth-order valence-electron chi connectivity index (χ4n) is 3.80. The van der Waals surface area contributed by atoms with Crippen LogP contribution >= 0.6 is 0 Å². The minimum atomic E-state index is -0.898. The number of methoxy groups -OCH3 is 1. The summed E-state index contributed by atoms with van der Waals surface area (Å²) in [4.78, 5) is 27.6. The fourth-order valence-corrected chi connectivity index (χ4v) is 3.80. The molecule has 0 saturated carbocycles. The zero-order valence-electron chi connectivity index (χ0n) is 16.6. The topological polar surface area (TPSA) is 55.8 Å². The molecule has 0 spiro atoms. The Labute approximate surface area is 169 Å². The van der Waals surface area contributed by atoms with Crippen LogP contribution in [0, 0.1) is 0 Å². The van der Waals surface area contributed by atoms with Gasteiger partial charge in [0.2, 0.25) is 0 Å². The smallest absolute Gasteiger partial charge is 0.342 e. The Kier molecular flexibility index (Phi) is 5.21. The molecule has 0 N–H and O–H groups in total. The third kappa shape index (κ3) is 3.68. The molecule has 0 aliphatic carbocycles. The van der Waals surface area contributed by atoms with Gasteiger partial charge in [0, 0.05) is 12.2 Å². The second kappa shape index (κ2) is 7.95. The van der Waals surface area contributed by atoms with Crippen molar-refractivity contribution in [2.75, 3.05) is 18.6 Å². The molecule has 1 amide bonds. The zero-order chi connectivity index (χ0) is 20.4. The van der Waals surface area contributed by atoms with Gasteiger partial charge >= 0.3 is 5.97 Å². The molecule has 29 heavy (non-hydrogen) atoms. The Morgan fingerprint density at radius 2 is 1.69 bits per heavy atom. The van der Waals surface area contributed by atoms with Crippen LogP contribution in [-0.4, -0.2) is 31.6 Å². The maximum Gasteiger partial charge on any atom is 0.342 e. The Hall–Kier alpha value is -3.34. The summed E-state index contributed by atoms with van der Waals surface area (Å²) >= 11 is 0. The van der Waals surface area contributed by atoms with E-state index in [1.54, 1.807) is 24.0 Å². The molecule has 1 aliphatic rings. The number of esters is 1. The highest BCUT2D eigenvalue weighted by Crippen LogP contribution is 2.29. The van der Waals surface area contributed by atoms with Gasteiger partial charge in [-0.3, -0.25) is 4.79 Å². The molecule has 0 radical (unpaired) electrons. The number of hydrogen-bond donors (Lipinski definition) is 0. The molecule has 3 aromatic carbocycles. The minimum absolute atomic E-state index is 0.217. The Morgan fingerprint density at radius 1 is 1.00 bits per heavy atom. The van der Waals surface area contributed by atoms with Gasteiger partial charge in [-0.1, -0.05) is 42.5 Å². The number of amides is 1. The van der Waals surface area contributed by atoms with Crippen molar-refractivity contribution >= 4 is 28.3 Å². The summed E-state index contributed by atoms with van der Waals surface area (Å²) in [6.45, 7) is 2.24. The molecule has 4 rings (SSSR count). The average Bonchev–Trinajstić information content (AvgIpc) is 2.77. The first kappa shape index (κ1) is 19.0. The van der Waals surface area contributed by atoms with E-state index in [0.29, 0.717) is 17.9 Å². The Bertz CT molecular complexity index is 1080. The van der Waals surface area contributed by atoms with E-state index in [0.717, 1.165) is 34.9 Å². The van der Waals surface area contributed by atoms with E-state index >= 15 is 0 Å². The van der Waals surface area contributed by atoms with Crippen molar-refractivity contribution in [3.05, 3.63) is 71.8 Å². The summed E-state index contributed by atoms with van der Waals surface area (Å²) in [5.41, 5.74) is 2.35. The first-order valence-corrected chi connectivity index (χ1v) is 9.75. The molecular weight excluding hydrogens is 366 g/mol. The maximum absolute atomic E-state index is 13.0. The number of rotatable bonds is 4. The number of anilines is 1. The van der Waals surface area contributed by atoms with Crippen LogP contribution in [0.25, 0.3) is 10.8 Å². The Balaban J connectivity index is 1.56. The third-order valence-electron chi connectivity index (χ3n) is 5.30. The number of fused-ring (bicyclic) bond motifs is 2. The van der Waals surface area contributed by atoms with E-state index in [2.05, 4.69) is 0 Å². The molecule has 0 bridgehead atoms. The van der Waals surface area contributed by atoms with Crippen LogP contribution in [0.15, 0.2) is 60.7 Å². The third-order valence-corrected chi connectivity index (χ3v) is 5.30. The van der Waals surface area contributed by atoms with Crippen LogP contribution in [0.2, 0.25) is 0 Å². The van der Waals surface area contributed by atoms with Crippen LogP contribution in [0.5, 0.6) is 5.75 Å². The maximum atomic E-state index is 13.0. The quantitative estimate of drug-likeness (QED) is 0.622. The van der Waals surface area contributed by atoms with Crippen LogP contribution in [0.1, 0.15) is 29.3 Å². The first-order chi connectivity index (χ1) is 14.1. The number of ether oxygens (including phenoxy) is 2. The average molecular weight is 389 g/mol. The SMILES string of the molecule is COc1cc2ccccc2cc1C(=O)OC(C)C(=O)N1CCCc2ccccc21. The molecule has 1 heterocycles. The van der Waals surface area contributed by atoms with Gasteiger partial charge in [0.05, 0.1) is 7.11 Å². The van der Waals surface area contributed by atoms with E-state index < -0.39 is 12.1 Å². The normalized spacial score (nSPS) is 14.2.